The molecule has 1 atom stereocenters. The lowest BCUT2D eigenvalue weighted by molar-refractivity contribution is -0.146. The molecule has 0 aromatic carbocycles. The minimum atomic E-state index is -0.786. The van der Waals surface area contributed by atoms with Gasteiger partial charge in [0.25, 0.3) is 0 Å². The Morgan fingerprint density at radius 3 is 2.35 bits per heavy atom. The van der Waals surface area contributed by atoms with Crippen molar-refractivity contribution in [2.45, 2.75) is 31.7 Å². The fraction of sp³-hybridized carbons (Fsp3) is 0.727. The van der Waals surface area contributed by atoms with Crippen LogP contribution >= 0.6 is 0 Å². The summed E-state index contributed by atoms with van der Waals surface area (Å²) in [5, 5.41) is 11.5. The summed E-state index contributed by atoms with van der Waals surface area (Å²) in [4.78, 5) is 35.4. The van der Waals surface area contributed by atoms with E-state index < -0.39 is 12.0 Å². The number of carbonyl (C=O) groups excluding carboxylic acids is 2. The van der Waals surface area contributed by atoms with Crippen LogP contribution in [0.5, 0.6) is 0 Å². The molecule has 0 saturated carbocycles. The first-order valence-electron chi connectivity index (χ1n) is 5.89. The summed E-state index contributed by atoms with van der Waals surface area (Å²) in [5.41, 5.74) is 0. The predicted octanol–water partition coefficient (Wildman–Crippen LogP) is -0.412. The molecule has 2 fully saturated rings. The molecule has 0 aromatic heterocycles. The van der Waals surface area contributed by atoms with Gasteiger partial charge in [-0.1, -0.05) is 0 Å². The molecule has 0 unspecified atom stereocenters. The molecular weight excluding hydrogens is 224 g/mol. The van der Waals surface area contributed by atoms with E-state index in [0.717, 1.165) is 0 Å². The molecule has 0 bridgehead atoms. The zero-order valence-electron chi connectivity index (χ0n) is 9.52. The van der Waals surface area contributed by atoms with Crippen LogP contribution in [0.4, 0.5) is 0 Å². The van der Waals surface area contributed by atoms with Crippen molar-refractivity contribution < 1.29 is 19.5 Å². The molecule has 6 heteroatoms. The van der Waals surface area contributed by atoms with Gasteiger partial charge in [-0.05, 0) is 19.3 Å². The summed E-state index contributed by atoms with van der Waals surface area (Å²) in [6.45, 7) is 0.949. The fourth-order valence-corrected chi connectivity index (χ4v) is 2.37. The van der Waals surface area contributed by atoms with Crippen LogP contribution in [0.1, 0.15) is 25.7 Å². The van der Waals surface area contributed by atoms with E-state index in [2.05, 4.69) is 5.32 Å². The van der Waals surface area contributed by atoms with E-state index in [1.165, 1.54) is 0 Å². The molecule has 2 aliphatic rings. The summed E-state index contributed by atoms with van der Waals surface area (Å²) in [6.07, 6.45) is 1.96. The summed E-state index contributed by atoms with van der Waals surface area (Å²) < 4.78 is 0. The standard InChI is InChI=1S/C11H16N2O4/c14-9-2-1-8(12-9)10(15)13-5-3-7(4-6-13)11(16)17/h7-8H,1-6H2,(H,12,14)(H,16,17)/t8-/m1/s1. The second kappa shape index (κ2) is 4.73. The number of carboxylic acids is 1. The van der Waals surface area contributed by atoms with Crippen LogP contribution in [-0.2, 0) is 14.4 Å². The largest absolute Gasteiger partial charge is 0.481 e. The summed E-state index contributed by atoms with van der Waals surface area (Å²) in [6, 6.07) is -0.399. The van der Waals surface area contributed by atoms with Gasteiger partial charge in [0, 0.05) is 19.5 Å². The number of piperidine rings is 1. The van der Waals surface area contributed by atoms with E-state index in [4.69, 9.17) is 5.11 Å². The predicted molar refractivity (Wildman–Crippen MR) is 58.1 cm³/mol. The second-order valence-electron chi connectivity index (χ2n) is 4.60. The van der Waals surface area contributed by atoms with E-state index in [9.17, 15) is 14.4 Å². The smallest absolute Gasteiger partial charge is 0.306 e. The topological polar surface area (TPSA) is 86.7 Å². The van der Waals surface area contributed by atoms with E-state index in [0.29, 0.717) is 38.8 Å². The Bertz CT molecular complexity index is 347. The second-order valence-corrected chi connectivity index (χ2v) is 4.60. The zero-order chi connectivity index (χ0) is 12.4. The van der Waals surface area contributed by atoms with E-state index >= 15 is 0 Å². The van der Waals surface area contributed by atoms with Crippen LogP contribution in [0.25, 0.3) is 0 Å². The van der Waals surface area contributed by atoms with Crippen LogP contribution in [0.2, 0.25) is 0 Å². The highest BCUT2D eigenvalue weighted by atomic mass is 16.4. The molecule has 6 nitrogen and oxygen atoms in total. The number of likely N-dealkylation sites (tertiary alicyclic amines) is 1. The molecule has 2 rings (SSSR count). The molecule has 0 radical (unpaired) electrons. The molecule has 0 aromatic rings. The van der Waals surface area contributed by atoms with Crippen molar-refractivity contribution in [2.75, 3.05) is 13.1 Å². The summed E-state index contributed by atoms with van der Waals surface area (Å²) in [5.74, 6) is -1.27. The number of amides is 2. The molecule has 0 spiro atoms. The Balaban J connectivity index is 1.86. The van der Waals surface area contributed by atoms with Crippen molar-refractivity contribution in [1.29, 1.82) is 0 Å². The number of nitrogens with zero attached hydrogens (tertiary/aromatic N) is 1. The molecule has 94 valence electrons. The number of hydrogen-bond acceptors (Lipinski definition) is 3. The minimum Gasteiger partial charge on any atom is -0.481 e. The third-order valence-corrected chi connectivity index (χ3v) is 3.45. The average molecular weight is 240 g/mol. The first-order chi connectivity index (χ1) is 8.08. The quantitative estimate of drug-likeness (QED) is 0.687. The van der Waals surface area contributed by atoms with E-state index in [1.807, 2.05) is 0 Å². The third-order valence-electron chi connectivity index (χ3n) is 3.45. The van der Waals surface area contributed by atoms with Crippen LogP contribution in [-0.4, -0.2) is 46.9 Å². The van der Waals surface area contributed by atoms with Gasteiger partial charge in [0.2, 0.25) is 11.8 Å². The lowest BCUT2D eigenvalue weighted by Crippen LogP contribution is -2.48. The molecule has 2 amide bonds. The lowest BCUT2D eigenvalue weighted by Gasteiger charge is -2.31. The summed E-state index contributed by atoms with van der Waals surface area (Å²) in [7, 11) is 0. The van der Waals surface area contributed by atoms with Crippen molar-refractivity contribution in [3.05, 3.63) is 0 Å². The lowest BCUT2D eigenvalue weighted by atomic mass is 9.96. The van der Waals surface area contributed by atoms with Crippen LogP contribution in [0.3, 0.4) is 0 Å². The molecule has 2 N–H and O–H groups in total. The molecular formula is C11H16N2O4. The van der Waals surface area contributed by atoms with Gasteiger partial charge in [0.05, 0.1) is 5.92 Å². The molecule has 2 heterocycles. The Morgan fingerprint density at radius 2 is 1.88 bits per heavy atom. The maximum atomic E-state index is 12.0. The number of carbonyl (C=O) groups is 3. The average Bonchev–Trinajstić information content (AvgIpc) is 2.75. The first-order valence-corrected chi connectivity index (χ1v) is 5.89. The number of aliphatic carboxylic acids is 1. The van der Waals surface area contributed by atoms with Gasteiger partial charge in [-0.15, -0.1) is 0 Å². The Hall–Kier alpha value is -1.59. The van der Waals surface area contributed by atoms with E-state index in [-0.39, 0.29) is 17.7 Å². The molecule has 2 aliphatic heterocycles. The highest BCUT2D eigenvalue weighted by Gasteiger charge is 2.33. The normalized spacial score (nSPS) is 25.8. The minimum absolute atomic E-state index is 0.0697. The van der Waals surface area contributed by atoms with Gasteiger partial charge in [0.1, 0.15) is 6.04 Å². The first kappa shape index (κ1) is 11.9. The fourth-order valence-electron chi connectivity index (χ4n) is 2.37. The van der Waals surface area contributed by atoms with Gasteiger partial charge < -0.3 is 15.3 Å². The monoisotopic (exact) mass is 240 g/mol. The van der Waals surface area contributed by atoms with Crippen molar-refractivity contribution >= 4 is 17.8 Å². The number of carboxylic acid groups (broad SMARTS) is 1. The third kappa shape index (κ3) is 2.57. The highest BCUT2D eigenvalue weighted by molar-refractivity contribution is 5.90. The Kier molecular flexibility index (Phi) is 3.31. The van der Waals surface area contributed by atoms with Gasteiger partial charge in [-0.25, -0.2) is 0 Å². The molecule has 17 heavy (non-hydrogen) atoms. The number of nitrogens with one attached hydrogen (secondary N) is 1. The maximum absolute atomic E-state index is 12.0. The van der Waals surface area contributed by atoms with E-state index in [1.54, 1.807) is 4.90 Å². The van der Waals surface area contributed by atoms with Crippen LogP contribution < -0.4 is 5.32 Å². The molecule has 0 aliphatic carbocycles. The van der Waals surface area contributed by atoms with Gasteiger partial charge in [-0.3, -0.25) is 14.4 Å². The summed E-state index contributed by atoms with van der Waals surface area (Å²) >= 11 is 0. The van der Waals surface area contributed by atoms with Crippen molar-refractivity contribution in [3.63, 3.8) is 0 Å². The van der Waals surface area contributed by atoms with Gasteiger partial charge in [0.15, 0.2) is 0 Å². The van der Waals surface area contributed by atoms with Crippen molar-refractivity contribution in [1.82, 2.24) is 10.2 Å². The SMILES string of the molecule is O=C1CC[C@H](C(=O)N2CCC(C(=O)O)CC2)N1. The number of rotatable bonds is 2. The van der Waals surface area contributed by atoms with Crippen molar-refractivity contribution in [3.8, 4) is 0 Å². The van der Waals surface area contributed by atoms with Gasteiger partial charge in [-0.2, -0.15) is 0 Å². The maximum Gasteiger partial charge on any atom is 0.306 e. The van der Waals surface area contributed by atoms with Gasteiger partial charge >= 0.3 is 5.97 Å². The van der Waals surface area contributed by atoms with Crippen molar-refractivity contribution in [2.24, 2.45) is 5.92 Å². The number of hydrogen-bond donors (Lipinski definition) is 2. The van der Waals surface area contributed by atoms with Crippen LogP contribution in [0, 0.1) is 5.92 Å². The Morgan fingerprint density at radius 1 is 1.24 bits per heavy atom. The zero-order valence-corrected chi connectivity index (χ0v) is 9.52. The highest BCUT2D eigenvalue weighted by Crippen LogP contribution is 2.19. The Labute approximate surface area is 99.0 Å². The van der Waals surface area contributed by atoms with Crippen LogP contribution in [0.15, 0.2) is 0 Å². The molecule has 2 saturated heterocycles.